The van der Waals surface area contributed by atoms with E-state index in [0.29, 0.717) is 26.3 Å². The van der Waals surface area contributed by atoms with Crippen molar-refractivity contribution in [3.05, 3.63) is 28.8 Å². The third kappa shape index (κ3) is 5.82. The van der Waals surface area contributed by atoms with E-state index in [9.17, 15) is 22.8 Å². The van der Waals surface area contributed by atoms with Crippen molar-refractivity contribution in [3.63, 3.8) is 0 Å². The van der Waals surface area contributed by atoms with Gasteiger partial charge in [-0.2, -0.15) is 13.2 Å². The number of carbonyl (C=O) groups is 2. The summed E-state index contributed by atoms with van der Waals surface area (Å²) in [6.07, 6.45) is -4.62. The second-order valence-electron chi connectivity index (χ2n) is 6.27. The summed E-state index contributed by atoms with van der Waals surface area (Å²) >= 11 is 5.57. The number of hydrogen-bond donors (Lipinski definition) is 1. The number of ether oxygens (including phenoxy) is 1. The van der Waals surface area contributed by atoms with Gasteiger partial charge in [-0.05, 0) is 32.2 Å². The summed E-state index contributed by atoms with van der Waals surface area (Å²) in [6, 6.07) is 2.43. The van der Waals surface area contributed by atoms with Crippen LogP contribution in [0.25, 0.3) is 0 Å². The van der Waals surface area contributed by atoms with E-state index in [1.54, 1.807) is 18.9 Å². The predicted octanol–water partition coefficient (Wildman–Crippen LogP) is 2.48. The minimum absolute atomic E-state index is 0.0169. The van der Waals surface area contributed by atoms with Crippen LogP contribution in [0.2, 0.25) is 5.02 Å². The van der Waals surface area contributed by atoms with Crippen LogP contribution in [0.5, 0.6) is 0 Å². The van der Waals surface area contributed by atoms with Gasteiger partial charge in [-0.25, -0.2) is 0 Å². The van der Waals surface area contributed by atoms with Crippen molar-refractivity contribution in [3.8, 4) is 0 Å². The van der Waals surface area contributed by atoms with Crippen LogP contribution in [0.3, 0.4) is 0 Å². The minimum Gasteiger partial charge on any atom is -0.378 e. The lowest BCUT2D eigenvalue weighted by Gasteiger charge is -2.30. The number of morpholine rings is 1. The number of likely N-dealkylation sites (N-methyl/N-ethyl adjacent to an activating group) is 1. The maximum Gasteiger partial charge on any atom is 0.417 e. The van der Waals surface area contributed by atoms with Crippen molar-refractivity contribution in [2.24, 2.45) is 0 Å². The first-order chi connectivity index (χ1) is 12.6. The van der Waals surface area contributed by atoms with Crippen LogP contribution in [-0.4, -0.2) is 67.6 Å². The van der Waals surface area contributed by atoms with Gasteiger partial charge in [0.05, 0.1) is 36.4 Å². The summed E-state index contributed by atoms with van der Waals surface area (Å²) in [4.78, 5) is 27.8. The van der Waals surface area contributed by atoms with E-state index in [1.165, 1.54) is 11.0 Å². The average Bonchev–Trinajstić information content (AvgIpc) is 2.62. The average molecular weight is 408 g/mol. The Morgan fingerprint density at radius 3 is 2.56 bits per heavy atom. The highest BCUT2D eigenvalue weighted by Crippen LogP contribution is 2.36. The Morgan fingerprint density at radius 1 is 1.33 bits per heavy atom. The predicted molar refractivity (Wildman–Crippen MR) is 94.6 cm³/mol. The lowest BCUT2D eigenvalue weighted by molar-refractivity contribution is -0.138. The molecule has 1 aliphatic rings. The quantitative estimate of drug-likeness (QED) is 0.814. The number of rotatable bonds is 5. The summed E-state index contributed by atoms with van der Waals surface area (Å²) in [5, 5.41) is 1.99. The van der Waals surface area contributed by atoms with Gasteiger partial charge in [0.1, 0.15) is 0 Å². The molecular formula is C17H21ClF3N3O3. The topological polar surface area (TPSA) is 61.9 Å². The normalized spacial score (nSPS) is 16.3. The fourth-order valence-corrected chi connectivity index (χ4v) is 2.75. The fourth-order valence-electron chi connectivity index (χ4n) is 2.53. The number of nitrogens with one attached hydrogen (secondary N) is 1. The molecule has 0 radical (unpaired) electrons. The molecule has 2 rings (SSSR count). The first-order valence-corrected chi connectivity index (χ1v) is 8.70. The van der Waals surface area contributed by atoms with Crippen LogP contribution < -0.4 is 5.32 Å². The molecule has 0 bridgehead atoms. The zero-order valence-corrected chi connectivity index (χ0v) is 15.7. The van der Waals surface area contributed by atoms with Gasteiger partial charge in [0.15, 0.2) is 0 Å². The Bertz CT molecular complexity index is 694. The smallest absolute Gasteiger partial charge is 0.378 e. The maximum absolute atomic E-state index is 12.9. The number of amides is 2. The Kier molecular flexibility index (Phi) is 7.07. The molecule has 1 atom stereocenters. The van der Waals surface area contributed by atoms with E-state index in [-0.39, 0.29) is 18.1 Å². The number of nitrogens with zero attached hydrogens (tertiary/aromatic N) is 2. The highest BCUT2D eigenvalue weighted by atomic mass is 35.5. The van der Waals surface area contributed by atoms with Crippen molar-refractivity contribution < 1.29 is 27.5 Å². The number of alkyl halides is 3. The zero-order chi connectivity index (χ0) is 20.2. The lowest BCUT2D eigenvalue weighted by atomic mass is 10.2. The number of halogens is 4. The van der Waals surface area contributed by atoms with Crippen LogP contribution in [0.15, 0.2) is 18.2 Å². The van der Waals surface area contributed by atoms with E-state index >= 15 is 0 Å². The van der Waals surface area contributed by atoms with Crippen LogP contribution in [0, 0.1) is 0 Å². The zero-order valence-electron chi connectivity index (χ0n) is 15.0. The molecule has 27 heavy (non-hydrogen) atoms. The van der Waals surface area contributed by atoms with E-state index in [1.807, 2.05) is 0 Å². The largest absolute Gasteiger partial charge is 0.417 e. The number of anilines is 1. The van der Waals surface area contributed by atoms with Crippen molar-refractivity contribution in [2.75, 3.05) is 45.2 Å². The summed E-state index contributed by atoms with van der Waals surface area (Å²) < 4.78 is 43.9. The number of carbonyl (C=O) groups excluding carboxylic acids is 2. The van der Waals surface area contributed by atoms with Crippen LogP contribution in [0.4, 0.5) is 18.9 Å². The van der Waals surface area contributed by atoms with Gasteiger partial charge < -0.3 is 15.0 Å². The molecular weight excluding hydrogens is 387 g/mol. The van der Waals surface area contributed by atoms with Crippen molar-refractivity contribution in [2.45, 2.75) is 19.1 Å². The molecule has 1 N–H and O–H groups in total. The second kappa shape index (κ2) is 8.90. The Labute approximate surface area is 160 Å². The monoisotopic (exact) mass is 407 g/mol. The van der Waals surface area contributed by atoms with Gasteiger partial charge in [-0.15, -0.1) is 0 Å². The molecule has 1 fully saturated rings. The van der Waals surface area contributed by atoms with Crippen LogP contribution >= 0.6 is 11.6 Å². The molecule has 150 valence electrons. The highest BCUT2D eigenvalue weighted by Gasteiger charge is 2.33. The first kappa shape index (κ1) is 21.5. The van der Waals surface area contributed by atoms with Gasteiger partial charge in [0, 0.05) is 18.8 Å². The minimum atomic E-state index is -4.62. The molecule has 1 heterocycles. The molecule has 1 aromatic carbocycles. The van der Waals surface area contributed by atoms with Gasteiger partial charge >= 0.3 is 6.18 Å². The van der Waals surface area contributed by atoms with E-state index in [2.05, 4.69) is 5.32 Å². The molecule has 0 spiro atoms. The molecule has 10 heteroatoms. The summed E-state index contributed by atoms with van der Waals surface area (Å²) in [5.74, 6) is -0.658. The molecule has 1 saturated heterocycles. The van der Waals surface area contributed by atoms with Crippen molar-refractivity contribution >= 4 is 29.1 Å². The maximum atomic E-state index is 12.9. The molecule has 6 nitrogen and oxygen atoms in total. The van der Waals surface area contributed by atoms with E-state index in [4.69, 9.17) is 16.3 Å². The van der Waals surface area contributed by atoms with E-state index < -0.39 is 28.7 Å². The van der Waals surface area contributed by atoms with E-state index in [0.717, 1.165) is 12.1 Å². The van der Waals surface area contributed by atoms with Crippen molar-refractivity contribution in [1.29, 1.82) is 0 Å². The molecule has 1 aromatic rings. The Hall–Kier alpha value is -1.84. The first-order valence-electron chi connectivity index (χ1n) is 8.33. The number of hydrogen-bond acceptors (Lipinski definition) is 4. The fraction of sp³-hybridized carbons (Fsp3) is 0.529. The molecule has 1 aliphatic heterocycles. The summed E-state index contributed by atoms with van der Waals surface area (Å²) in [7, 11) is 1.60. The Balaban J connectivity index is 1.97. The third-order valence-corrected chi connectivity index (χ3v) is 4.66. The summed E-state index contributed by atoms with van der Waals surface area (Å²) in [6.45, 7) is 3.54. The van der Waals surface area contributed by atoms with Gasteiger partial charge in [0.25, 0.3) is 0 Å². The number of benzene rings is 1. The van der Waals surface area contributed by atoms with Crippen molar-refractivity contribution in [1.82, 2.24) is 9.80 Å². The lowest BCUT2D eigenvalue weighted by Crippen LogP contribution is -2.48. The molecule has 0 aromatic heterocycles. The molecule has 0 saturated carbocycles. The molecule has 2 amide bonds. The van der Waals surface area contributed by atoms with Crippen LogP contribution in [0.1, 0.15) is 12.5 Å². The molecule has 0 aliphatic carbocycles. The Morgan fingerprint density at radius 2 is 1.96 bits per heavy atom. The SMILES string of the molecule is C[C@@H](C(=O)Nc1ccc(Cl)c(C(F)(F)F)c1)N(C)CC(=O)N1CCOCC1. The summed E-state index contributed by atoms with van der Waals surface area (Å²) in [5.41, 5.74) is -1.04. The molecule has 0 unspecified atom stereocenters. The van der Waals surface area contributed by atoms with Crippen LogP contribution in [-0.2, 0) is 20.5 Å². The third-order valence-electron chi connectivity index (χ3n) is 4.33. The second-order valence-corrected chi connectivity index (χ2v) is 6.67. The van der Waals surface area contributed by atoms with Gasteiger partial charge in [-0.1, -0.05) is 11.6 Å². The van der Waals surface area contributed by atoms with Gasteiger partial charge in [0.2, 0.25) is 11.8 Å². The highest BCUT2D eigenvalue weighted by molar-refractivity contribution is 6.31. The standard InChI is InChI=1S/C17H21ClF3N3O3/c1-11(23(2)10-15(25)24-5-7-27-8-6-24)16(26)22-12-3-4-14(18)13(9-12)17(19,20)21/h3-4,9,11H,5-8,10H2,1-2H3,(H,22,26)/t11-/m0/s1. The van der Waals surface area contributed by atoms with Gasteiger partial charge in [-0.3, -0.25) is 14.5 Å².